The Hall–Kier alpha value is -3.27. The van der Waals surface area contributed by atoms with Gasteiger partial charge in [0, 0.05) is 18.0 Å². The SMILES string of the molecule is O=C(C=Cc1cscn1)Oc1ccccc1C(=O)NCCO[N+](=O)[O-]. The molecule has 0 spiro atoms. The van der Waals surface area contributed by atoms with E-state index in [1.54, 1.807) is 23.0 Å². The van der Waals surface area contributed by atoms with Gasteiger partial charge in [-0.3, -0.25) is 4.79 Å². The third-order valence-electron chi connectivity index (χ3n) is 2.77. The fraction of sp³-hybridized carbons (Fsp3) is 0.133. The Morgan fingerprint density at radius 2 is 2.16 bits per heavy atom. The van der Waals surface area contributed by atoms with Crippen molar-refractivity contribution in [3.63, 3.8) is 0 Å². The highest BCUT2D eigenvalue weighted by molar-refractivity contribution is 7.07. The van der Waals surface area contributed by atoms with Crippen molar-refractivity contribution >= 4 is 29.3 Å². The van der Waals surface area contributed by atoms with Crippen molar-refractivity contribution in [1.82, 2.24) is 10.3 Å². The molecule has 2 aromatic rings. The molecule has 0 saturated heterocycles. The number of para-hydroxylation sites is 1. The second-order valence-electron chi connectivity index (χ2n) is 4.48. The van der Waals surface area contributed by atoms with Gasteiger partial charge >= 0.3 is 5.97 Å². The largest absolute Gasteiger partial charge is 0.423 e. The molecule has 0 aliphatic heterocycles. The zero-order chi connectivity index (χ0) is 18.1. The number of hydrogen-bond donors (Lipinski definition) is 1. The van der Waals surface area contributed by atoms with Crippen LogP contribution in [0.3, 0.4) is 0 Å². The quantitative estimate of drug-likeness (QED) is 0.189. The second kappa shape index (κ2) is 9.13. The van der Waals surface area contributed by atoms with Crippen molar-refractivity contribution in [1.29, 1.82) is 0 Å². The zero-order valence-corrected chi connectivity index (χ0v) is 13.6. The van der Waals surface area contributed by atoms with Gasteiger partial charge in [-0.15, -0.1) is 21.5 Å². The van der Waals surface area contributed by atoms with Gasteiger partial charge in [0.1, 0.15) is 12.4 Å². The van der Waals surface area contributed by atoms with E-state index < -0.39 is 17.0 Å². The number of carbonyl (C=O) groups is 2. The van der Waals surface area contributed by atoms with Gasteiger partial charge in [0.05, 0.1) is 16.8 Å². The Morgan fingerprint density at radius 1 is 1.36 bits per heavy atom. The summed E-state index contributed by atoms with van der Waals surface area (Å²) in [6.07, 6.45) is 2.70. The van der Waals surface area contributed by atoms with E-state index in [1.165, 1.54) is 35.6 Å². The van der Waals surface area contributed by atoms with E-state index in [9.17, 15) is 19.7 Å². The van der Waals surface area contributed by atoms with Crippen LogP contribution in [0.2, 0.25) is 0 Å². The van der Waals surface area contributed by atoms with Gasteiger partial charge in [-0.05, 0) is 18.2 Å². The Labute approximate surface area is 146 Å². The monoisotopic (exact) mass is 363 g/mol. The fourth-order valence-corrected chi connectivity index (χ4v) is 2.25. The first-order chi connectivity index (χ1) is 12.1. The van der Waals surface area contributed by atoms with Crippen molar-refractivity contribution in [3.8, 4) is 5.75 Å². The summed E-state index contributed by atoms with van der Waals surface area (Å²) in [5.74, 6) is -1.13. The average molecular weight is 363 g/mol. The zero-order valence-electron chi connectivity index (χ0n) is 12.8. The molecule has 0 atom stereocenters. The van der Waals surface area contributed by atoms with Crippen LogP contribution in [0.15, 0.2) is 41.2 Å². The topological polar surface area (TPSA) is 121 Å². The summed E-state index contributed by atoms with van der Waals surface area (Å²) in [6, 6.07) is 6.15. The van der Waals surface area contributed by atoms with Crippen LogP contribution in [-0.2, 0) is 9.63 Å². The molecule has 1 N–H and O–H groups in total. The average Bonchev–Trinajstić information content (AvgIpc) is 3.10. The molecule has 10 heteroatoms. The minimum Gasteiger partial charge on any atom is -0.423 e. The Morgan fingerprint density at radius 3 is 2.88 bits per heavy atom. The van der Waals surface area contributed by atoms with E-state index in [0.29, 0.717) is 5.69 Å². The minimum atomic E-state index is -0.948. The third-order valence-corrected chi connectivity index (χ3v) is 3.37. The van der Waals surface area contributed by atoms with Gasteiger partial charge in [-0.25, -0.2) is 9.78 Å². The first kappa shape index (κ1) is 18.1. The van der Waals surface area contributed by atoms with Gasteiger partial charge < -0.3 is 14.9 Å². The molecule has 0 bridgehead atoms. The summed E-state index contributed by atoms with van der Waals surface area (Å²) >= 11 is 1.39. The van der Waals surface area contributed by atoms with Crippen LogP contribution in [-0.4, -0.2) is 35.1 Å². The predicted octanol–water partition coefficient (Wildman–Crippen LogP) is 1.70. The number of nitrogens with zero attached hydrogens (tertiary/aromatic N) is 2. The number of carbonyl (C=O) groups excluding carboxylic acids is 2. The summed E-state index contributed by atoms with van der Waals surface area (Å²) in [4.78, 5) is 42.1. The molecule has 1 aromatic heterocycles. The van der Waals surface area contributed by atoms with Crippen molar-refractivity contribution in [2.75, 3.05) is 13.2 Å². The summed E-state index contributed by atoms with van der Waals surface area (Å²) in [5.41, 5.74) is 2.38. The smallest absolute Gasteiger partial charge is 0.336 e. The number of aromatic nitrogens is 1. The van der Waals surface area contributed by atoms with Crippen molar-refractivity contribution in [2.45, 2.75) is 0 Å². The highest BCUT2D eigenvalue weighted by Gasteiger charge is 2.13. The van der Waals surface area contributed by atoms with Crippen LogP contribution >= 0.6 is 11.3 Å². The molecule has 130 valence electrons. The molecule has 0 unspecified atom stereocenters. The van der Waals surface area contributed by atoms with Crippen molar-refractivity contribution in [2.24, 2.45) is 0 Å². The Balaban J connectivity index is 1.96. The highest BCUT2D eigenvalue weighted by atomic mass is 32.1. The van der Waals surface area contributed by atoms with Crippen LogP contribution in [0, 0.1) is 10.1 Å². The molecule has 25 heavy (non-hydrogen) atoms. The standard InChI is InChI=1S/C15H13N3O6S/c19-14(6-5-11-9-25-10-17-11)24-13-4-2-1-3-12(13)15(20)16-7-8-23-18(21)22/h1-6,9-10H,7-8H2,(H,16,20). The maximum atomic E-state index is 12.1. The van der Waals surface area contributed by atoms with E-state index in [1.807, 2.05) is 0 Å². The number of esters is 1. The lowest BCUT2D eigenvalue weighted by Gasteiger charge is -2.09. The lowest BCUT2D eigenvalue weighted by atomic mass is 10.2. The minimum absolute atomic E-state index is 0.0637. The third kappa shape index (κ3) is 6.03. The lowest BCUT2D eigenvalue weighted by Crippen LogP contribution is -2.28. The molecule has 9 nitrogen and oxygen atoms in total. The van der Waals surface area contributed by atoms with Crippen LogP contribution in [0.5, 0.6) is 5.75 Å². The molecule has 2 rings (SSSR count). The summed E-state index contributed by atoms with van der Waals surface area (Å²) in [7, 11) is 0. The maximum Gasteiger partial charge on any atom is 0.336 e. The van der Waals surface area contributed by atoms with E-state index in [-0.39, 0.29) is 24.5 Å². The first-order valence-corrected chi connectivity index (χ1v) is 7.93. The van der Waals surface area contributed by atoms with E-state index >= 15 is 0 Å². The molecule has 1 aromatic carbocycles. The van der Waals surface area contributed by atoms with Crippen LogP contribution in [0.4, 0.5) is 0 Å². The molecule has 0 radical (unpaired) electrons. The fourth-order valence-electron chi connectivity index (χ4n) is 1.72. The molecule has 0 fully saturated rings. The van der Waals surface area contributed by atoms with E-state index in [2.05, 4.69) is 15.1 Å². The van der Waals surface area contributed by atoms with Gasteiger partial charge in [0.25, 0.3) is 11.0 Å². The number of ether oxygens (including phenoxy) is 1. The van der Waals surface area contributed by atoms with Crippen LogP contribution in [0.25, 0.3) is 6.08 Å². The number of thiazole rings is 1. The maximum absolute atomic E-state index is 12.1. The molecular formula is C15H13N3O6S. The number of rotatable bonds is 8. The Kier molecular flexibility index (Phi) is 6.60. The normalized spacial score (nSPS) is 10.4. The Bertz CT molecular complexity index is 775. The van der Waals surface area contributed by atoms with Crippen LogP contribution in [0.1, 0.15) is 16.1 Å². The number of amides is 1. The summed E-state index contributed by atoms with van der Waals surface area (Å²) in [6.45, 7) is -0.344. The number of benzene rings is 1. The van der Waals surface area contributed by atoms with Gasteiger partial charge in [0.15, 0.2) is 0 Å². The van der Waals surface area contributed by atoms with Gasteiger partial charge in [-0.1, -0.05) is 12.1 Å². The van der Waals surface area contributed by atoms with Gasteiger partial charge in [-0.2, -0.15) is 0 Å². The second-order valence-corrected chi connectivity index (χ2v) is 5.20. The molecule has 0 saturated carbocycles. The molecule has 1 amide bonds. The first-order valence-electron chi connectivity index (χ1n) is 6.99. The molecule has 0 aliphatic carbocycles. The predicted molar refractivity (Wildman–Crippen MR) is 88.5 cm³/mol. The highest BCUT2D eigenvalue weighted by Crippen LogP contribution is 2.18. The summed E-state index contributed by atoms with van der Waals surface area (Å²) in [5, 5.41) is 13.3. The lowest BCUT2D eigenvalue weighted by molar-refractivity contribution is -0.757. The van der Waals surface area contributed by atoms with Crippen LogP contribution < -0.4 is 10.1 Å². The molecule has 0 aliphatic rings. The van der Waals surface area contributed by atoms with Crippen molar-refractivity contribution < 1.29 is 24.3 Å². The van der Waals surface area contributed by atoms with E-state index in [0.717, 1.165) is 0 Å². The molecular weight excluding hydrogens is 350 g/mol. The van der Waals surface area contributed by atoms with Gasteiger partial charge in [0.2, 0.25) is 0 Å². The summed E-state index contributed by atoms with van der Waals surface area (Å²) < 4.78 is 5.16. The van der Waals surface area contributed by atoms with E-state index in [4.69, 9.17) is 4.74 Å². The molecule has 1 heterocycles. The number of hydrogen-bond acceptors (Lipinski definition) is 8. The number of nitrogens with one attached hydrogen (secondary N) is 1. The van der Waals surface area contributed by atoms with Crippen molar-refractivity contribution in [3.05, 3.63) is 62.6 Å².